The lowest BCUT2D eigenvalue weighted by atomic mass is 9.80. The Kier molecular flexibility index (Phi) is 11.7. The van der Waals surface area contributed by atoms with Crippen LogP contribution in [0.1, 0.15) is 122 Å². The summed E-state index contributed by atoms with van der Waals surface area (Å²) in [6, 6.07) is 7.98. The van der Waals surface area contributed by atoms with Crippen molar-refractivity contribution in [3.05, 3.63) is 42.4 Å². The van der Waals surface area contributed by atoms with E-state index >= 15 is 0 Å². The van der Waals surface area contributed by atoms with Gasteiger partial charge in [0.1, 0.15) is 5.75 Å². The highest BCUT2D eigenvalue weighted by Gasteiger charge is 2.27. The number of rotatable bonds is 16. The Morgan fingerprint density at radius 2 is 1.53 bits per heavy atom. The van der Waals surface area contributed by atoms with Gasteiger partial charge >= 0.3 is 5.97 Å². The molecule has 2 heterocycles. The molecule has 0 radical (unpaired) electrons. The van der Waals surface area contributed by atoms with Crippen molar-refractivity contribution in [1.82, 2.24) is 9.38 Å². The largest absolute Gasteiger partial charge is 0.426 e. The van der Waals surface area contributed by atoms with Crippen LogP contribution in [0.5, 0.6) is 5.75 Å². The van der Waals surface area contributed by atoms with Crippen LogP contribution in [-0.2, 0) is 11.2 Å². The Balaban J connectivity index is 1.20. The van der Waals surface area contributed by atoms with Gasteiger partial charge in [0, 0.05) is 12.4 Å². The molecule has 208 valence electrons. The predicted molar refractivity (Wildman–Crippen MR) is 160 cm³/mol. The highest BCUT2D eigenvalue weighted by Crippen LogP contribution is 2.34. The van der Waals surface area contributed by atoms with E-state index in [0.29, 0.717) is 5.75 Å². The third-order valence-corrected chi connectivity index (χ3v) is 9.29. The van der Waals surface area contributed by atoms with Crippen molar-refractivity contribution >= 4 is 22.3 Å². The molecular weight excluding hydrogens is 488 g/mol. The topological polar surface area (TPSA) is 43.6 Å². The van der Waals surface area contributed by atoms with E-state index in [0.717, 1.165) is 35.7 Å². The lowest BCUT2D eigenvalue weighted by Gasteiger charge is -2.27. The zero-order valence-electron chi connectivity index (χ0n) is 23.8. The summed E-state index contributed by atoms with van der Waals surface area (Å²) in [6.45, 7) is 4.53. The van der Waals surface area contributed by atoms with E-state index in [4.69, 9.17) is 9.72 Å². The van der Waals surface area contributed by atoms with Gasteiger partial charge < -0.3 is 4.74 Å². The molecule has 3 aromatic rings. The number of thiazole rings is 1. The molecule has 38 heavy (non-hydrogen) atoms. The molecule has 4 nitrogen and oxygen atoms in total. The predicted octanol–water partition coefficient (Wildman–Crippen LogP) is 10.0. The quantitative estimate of drug-likeness (QED) is 0.104. The minimum Gasteiger partial charge on any atom is -0.426 e. The summed E-state index contributed by atoms with van der Waals surface area (Å²) in [4.78, 5) is 19.9. The van der Waals surface area contributed by atoms with Crippen molar-refractivity contribution in [1.29, 1.82) is 0 Å². The number of hydrogen-bond donors (Lipinski definition) is 0. The van der Waals surface area contributed by atoms with Crippen LogP contribution in [0.3, 0.4) is 0 Å². The lowest BCUT2D eigenvalue weighted by molar-refractivity contribution is -0.140. The summed E-state index contributed by atoms with van der Waals surface area (Å²) in [6.07, 6.45) is 25.7. The molecule has 0 atom stereocenters. The molecule has 1 aliphatic rings. The average Bonchev–Trinajstić information content (AvgIpc) is 3.50. The fraction of sp³-hybridized carbons (Fsp3) is 0.636. The molecular formula is C33H48N2O2S. The lowest BCUT2D eigenvalue weighted by Crippen LogP contribution is -2.25. The smallest absolute Gasteiger partial charge is 0.314 e. The molecule has 1 aromatic carbocycles. The van der Waals surface area contributed by atoms with E-state index in [1.165, 1.54) is 100 Å². The summed E-state index contributed by atoms with van der Waals surface area (Å²) in [5.74, 6) is 1.46. The maximum Gasteiger partial charge on any atom is 0.314 e. The number of benzene rings is 1. The van der Waals surface area contributed by atoms with Gasteiger partial charge in [-0.15, -0.1) is 0 Å². The van der Waals surface area contributed by atoms with Crippen molar-refractivity contribution in [2.45, 2.75) is 123 Å². The number of aromatic nitrogens is 2. The van der Waals surface area contributed by atoms with Gasteiger partial charge in [-0.25, -0.2) is 4.98 Å². The van der Waals surface area contributed by atoms with Gasteiger partial charge in [0.2, 0.25) is 0 Å². The number of unbranched alkanes of at least 4 members (excludes halogenated alkanes) is 9. The van der Waals surface area contributed by atoms with Gasteiger partial charge in [0.05, 0.1) is 16.5 Å². The molecule has 2 aromatic heterocycles. The first-order valence-electron chi connectivity index (χ1n) is 15.5. The Morgan fingerprint density at radius 1 is 0.868 bits per heavy atom. The van der Waals surface area contributed by atoms with Crippen LogP contribution in [0.4, 0.5) is 0 Å². The maximum atomic E-state index is 12.8. The van der Waals surface area contributed by atoms with Crippen LogP contribution in [0, 0.1) is 11.8 Å². The van der Waals surface area contributed by atoms with Gasteiger partial charge in [0.25, 0.3) is 0 Å². The van der Waals surface area contributed by atoms with Crippen LogP contribution >= 0.6 is 11.3 Å². The molecule has 0 aliphatic heterocycles. The second kappa shape index (κ2) is 15.5. The van der Waals surface area contributed by atoms with Crippen LogP contribution in [0.25, 0.3) is 15.4 Å². The number of esters is 1. The van der Waals surface area contributed by atoms with Gasteiger partial charge in [-0.05, 0) is 74.3 Å². The van der Waals surface area contributed by atoms with E-state index in [-0.39, 0.29) is 11.9 Å². The number of nitrogens with zero attached hydrogens (tertiary/aromatic N) is 2. The zero-order valence-corrected chi connectivity index (χ0v) is 24.6. The molecule has 0 N–H and O–H groups in total. The van der Waals surface area contributed by atoms with Gasteiger partial charge in [-0.2, -0.15) is 0 Å². The van der Waals surface area contributed by atoms with E-state index < -0.39 is 0 Å². The number of aryl methyl sites for hydroxylation is 1. The molecule has 1 saturated carbocycles. The minimum absolute atomic E-state index is 0.0494. The van der Waals surface area contributed by atoms with E-state index in [1.54, 1.807) is 11.3 Å². The minimum atomic E-state index is -0.0494. The van der Waals surface area contributed by atoms with Crippen molar-refractivity contribution in [2.75, 3.05) is 0 Å². The standard InChI is InChI=1S/C33H48N2O2S/c1-3-5-7-9-11-13-15-29-24-35-25-31(38-33(35)34-29)27-20-22-30(23-21-27)37-32(36)28-18-16-26(17-19-28)14-12-10-8-6-4-2/h20-26,28H,3-19H2,1-2H3. The van der Waals surface area contributed by atoms with Crippen molar-refractivity contribution < 1.29 is 9.53 Å². The Bertz CT molecular complexity index is 1060. The summed E-state index contributed by atoms with van der Waals surface area (Å²) in [5, 5.41) is 0. The molecule has 0 spiro atoms. The summed E-state index contributed by atoms with van der Waals surface area (Å²) < 4.78 is 7.93. The second-order valence-electron chi connectivity index (χ2n) is 11.4. The van der Waals surface area contributed by atoms with Crippen LogP contribution < -0.4 is 4.74 Å². The van der Waals surface area contributed by atoms with Crippen molar-refractivity contribution in [3.8, 4) is 16.2 Å². The summed E-state index contributed by atoms with van der Waals surface area (Å²) in [5.41, 5.74) is 2.33. The number of hydrogen-bond acceptors (Lipinski definition) is 4. The first-order valence-corrected chi connectivity index (χ1v) is 16.3. The monoisotopic (exact) mass is 536 g/mol. The highest BCUT2D eigenvalue weighted by atomic mass is 32.1. The highest BCUT2D eigenvalue weighted by molar-refractivity contribution is 7.20. The molecule has 0 bridgehead atoms. The molecule has 1 aliphatic carbocycles. The molecule has 5 heteroatoms. The first kappa shape index (κ1) is 28.9. The number of ether oxygens (including phenoxy) is 1. The van der Waals surface area contributed by atoms with E-state index in [9.17, 15) is 4.79 Å². The Hall–Kier alpha value is -2.14. The number of carbonyl (C=O) groups is 1. The molecule has 0 amide bonds. The average molecular weight is 537 g/mol. The van der Waals surface area contributed by atoms with Crippen LogP contribution in [0.2, 0.25) is 0 Å². The molecule has 1 fully saturated rings. The van der Waals surface area contributed by atoms with Gasteiger partial charge in [0.15, 0.2) is 4.96 Å². The molecule has 0 unspecified atom stereocenters. The fourth-order valence-electron chi connectivity index (χ4n) is 5.79. The molecule has 4 rings (SSSR count). The van der Waals surface area contributed by atoms with E-state index in [2.05, 4.69) is 42.8 Å². The maximum absolute atomic E-state index is 12.8. The Labute approximate surface area is 234 Å². The first-order chi connectivity index (χ1) is 18.7. The van der Waals surface area contributed by atoms with Gasteiger partial charge in [-0.1, -0.05) is 95.8 Å². The fourth-order valence-corrected chi connectivity index (χ4v) is 6.79. The van der Waals surface area contributed by atoms with Crippen LogP contribution in [-0.4, -0.2) is 15.4 Å². The third kappa shape index (κ3) is 8.69. The van der Waals surface area contributed by atoms with Crippen molar-refractivity contribution in [2.24, 2.45) is 11.8 Å². The number of fused-ring (bicyclic) bond motifs is 1. The van der Waals surface area contributed by atoms with Crippen LogP contribution in [0.15, 0.2) is 36.7 Å². The third-order valence-electron chi connectivity index (χ3n) is 8.25. The second-order valence-corrected chi connectivity index (χ2v) is 12.4. The number of imidazole rings is 1. The van der Waals surface area contributed by atoms with E-state index in [1.807, 2.05) is 12.1 Å². The molecule has 0 saturated heterocycles. The zero-order chi connectivity index (χ0) is 26.6. The SMILES string of the molecule is CCCCCCCCc1cn2cc(-c3ccc(OC(=O)C4CCC(CCCCCCC)CC4)cc3)sc2n1. The summed E-state index contributed by atoms with van der Waals surface area (Å²) >= 11 is 1.72. The Morgan fingerprint density at radius 3 is 2.21 bits per heavy atom. The van der Waals surface area contributed by atoms with Gasteiger partial charge in [-0.3, -0.25) is 9.20 Å². The summed E-state index contributed by atoms with van der Waals surface area (Å²) in [7, 11) is 0. The normalized spacial score (nSPS) is 17.7. The number of carbonyl (C=O) groups excluding carboxylic acids is 1. The van der Waals surface area contributed by atoms with Crippen molar-refractivity contribution in [3.63, 3.8) is 0 Å².